The van der Waals surface area contributed by atoms with Crippen molar-refractivity contribution in [2.75, 3.05) is 24.7 Å². The molecule has 1 aromatic heterocycles. The van der Waals surface area contributed by atoms with Crippen LogP contribution in [-0.4, -0.2) is 36.3 Å². The molecule has 0 aliphatic carbocycles. The molecule has 1 saturated heterocycles. The van der Waals surface area contributed by atoms with Gasteiger partial charge in [-0.1, -0.05) is 20.8 Å². The van der Waals surface area contributed by atoms with Gasteiger partial charge in [-0.05, 0) is 38.0 Å². The minimum atomic E-state index is 0.000358. The summed E-state index contributed by atoms with van der Waals surface area (Å²) in [4.78, 5) is 7.22. The highest BCUT2D eigenvalue weighted by Gasteiger charge is 2.31. The zero-order valence-electron chi connectivity index (χ0n) is 14.1. The van der Waals surface area contributed by atoms with Gasteiger partial charge in [0.1, 0.15) is 5.82 Å². The van der Waals surface area contributed by atoms with Crippen molar-refractivity contribution in [2.45, 2.75) is 59.2 Å². The smallest absolute Gasteiger partial charge is 0.129 e. The van der Waals surface area contributed by atoms with E-state index in [0.717, 1.165) is 44.2 Å². The van der Waals surface area contributed by atoms with Crippen LogP contribution in [0.15, 0.2) is 12.1 Å². The number of hydrogen-bond donors (Lipinski definition) is 1. The van der Waals surface area contributed by atoms with Gasteiger partial charge in [0.05, 0.1) is 18.8 Å². The third-order valence-electron chi connectivity index (χ3n) is 3.92. The van der Waals surface area contributed by atoms with Gasteiger partial charge in [-0.2, -0.15) is 0 Å². The summed E-state index contributed by atoms with van der Waals surface area (Å²) in [5.74, 6) is 1.09. The van der Waals surface area contributed by atoms with E-state index >= 15 is 0 Å². The molecule has 0 spiro atoms. The lowest BCUT2D eigenvalue weighted by atomic mass is 10.0. The Hall–Kier alpha value is -1.13. The summed E-state index contributed by atoms with van der Waals surface area (Å²) in [5, 5.41) is 3.49. The van der Waals surface area contributed by atoms with Crippen molar-refractivity contribution in [1.82, 2.24) is 10.3 Å². The highest BCUT2D eigenvalue weighted by atomic mass is 16.5. The van der Waals surface area contributed by atoms with Crippen LogP contribution in [0.25, 0.3) is 0 Å². The van der Waals surface area contributed by atoms with Crippen molar-refractivity contribution >= 4 is 5.82 Å². The summed E-state index contributed by atoms with van der Waals surface area (Å²) in [5.41, 5.74) is 2.48. The molecule has 1 aliphatic rings. The lowest BCUT2D eigenvalue weighted by molar-refractivity contribution is 0.0639. The Balaban J connectivity index is 2.27. The molecule has 0 amide bonds. The van der Waals surface area contributed by atoms with Crippen LogP contribution in [0, 0.1) is 0 Å². The monoisotopic (exact) mass is 291 g/mol. The first-order valence-corrected chi connectivity index (χ1v) is 8.01. The molecule has 4 heteroatoms. The second kappa shape index (κ2) is 6.75. The summed E-state index contributed by atoms with van der Waals surface area (Å²) >= 11 is 0. The fraction of sp³-hybridized carbons (Fsp3) is 0.706. The Morgan fingerprint density at radius 2 is 2.14 bits per heavy atom. The van der Waals surface area contributed by atoms with E-state index in [4.69, 9.17) is 9.72 Å². The van der Waals surface area contributed by atoms with Crippen LogP contribution in [-0.2, 0) is 17.7 Å². The molecule has 2 rings (SSSR count). The first-order chi connectivity index (χ1) is 9.92. The fourth-order valence-corrected chi connectivity index (χ4v) is 2.66. The average Bonchev–Trinajstić information content (AvgIpc) is 2.44. The second-order valence-corrected chi connectivity index (χ2v) is 6.73. The van der Waals surface area contributed by atoms with Crippen LogP contribution in [0.1, 0.15) is 45.9 Å². The van der Waals surface area contributed by atoms with E-state index < -0.39 is 0 Å². The first-order valence-electron chi connectivity index (χ1n) is 8.01. The summed E-state index contributed by atoms with van der Waals surface area (Å²) in [6, 6.07) is 4.93. The Morgan fingerprint density at radius 1 is 1.38 bits per heavy atom. The molecule has 118 valence electrons. The molecule has 0 saturated carbocycles. The van der Waals surface area contributed by atoms with E-state index in [0.29, 0.717) is 6.04 Å². The molecule has 1 aliphatic heterocycles. The molecule has 1 fully saturated rings. The van der Waals surface area contributed by atoms with Gasteiger partial charge in [-0.15, -0.1) is 0 Å². The lowest BCUT2D eigenvalue weighted by Crippen LogP contribution is -2.53. The highest BCUT2D eigenvalue weighted by molar-refractivity contribution is 5.46. The van der Waals surface area contributed by atoms with Crippen molar-refractivity contribution < 1.29 is 4.74 Å². The summed E-state index contributed by atoms with van der Waals surface area (Å²) < 4.78 is 5.62. The number of rotatable bonds is 5. The predicted octanol–water partition coefficient (Wildman–Crippen LogP) is 2.76. The van der Waals surface area contributed by atoms with Crippen LogP contribution in [0.5, 0.6) is 0 Å². The molecule has 0 radical (unpaired) electrons. The average molecular weight is 291 g/mol. The first kappa shape index (κ1) is 16.2. The normalized spacial score (nSPS) is 18.3. The minimum absolute atomic E-state index is 0.000358. The topological polar surface area (TPSA) is 37.4 Å². The molecule has 2 heterocycles. The van der Waals surface area contributed by atoms with Crippen molar-refractivity contribution in [3.05, 3.63) is 23.4 Å². The molecular weight excluding hydrogens is 262 g/mol. The summed E-state index contributed by atoms with van der Waals surface area (Å²) in [7, 11) is 0. The summed E-state index contributed by atoms with van der Waals surface area (Å²) in [6.07, 6.45) is 0.966. The maximum absolute atomic E-state index is 5.62. The van der Waals surface area contributed by atoms with Gasteiger partial charge in [0.25, 0.3) is 0 Å². The lowest BCUT2D eigenvalue weighted by Gasteiger charge is -2.43. The maximum atomic E-state index is 5.62. The number of nitrogens with one attached hydrogen (secondary N) is 1. The molecule has 0 bridgehead atoms. The third-order valence-corrected chi connectivity index (χ3v) is 3.92. The zero-order chi connectivity index (χ0) is 15.5. The molecular formula is C17H29N3O. The zero-order valence-corrected chi connectivity index (χ0v) is 14.1. The molecule has 21 heavy (non-hydrogen) atoms. The minimum Gasteiger partial charge on any atom is -0.377 e. The van der Waals surface area contributed by atoms with E-state index in [-0.39, 0.29) is 5.54 Å². The second-order valence-electron chi connectivity index (χ2n) is 6.73. The molecule has 4 nitrogen and oxygen atoms in total. The van der Waals surface area contributed by atoms with Crippen molar-refractivity contribution in [3.8, 4) is 0 Å². The Kier molecular flexibility index (Phi) is 5.22. The van der Waals surface area contributed by atoms with Crippen molar-refractivity contribution in [1.29, 1.82) is 0 Å². The fourth-order valence-electron chi connectivity index (χ4n) is 2.66. The largest absolute Gasteiger partial charge is 0.377 e. The van der Waals surface area contributed by atoms with E-state index in [1.807, 2.05) is 0 Å². The molecule has 0 unspecified atom stereocenters. The van der Waals surface area contributed by atoms with Crippen LogP contribution in [0.3, 0.4) is 0 Å². The van der Waals surface area contributed by atoms with Gasteiger partial charge in [-0.3, -0.25) is 0 Å². The van der Waals surface area contributed by atoms with Crippen LogP contribution in [0.4, 0.5) is 5.82 Å². The standard InChI is InChI=1S/C17H29N3O/c1-6-15-9-14(11-18-13(2)3)10-16(19-15)20-7-8-21-12-17(20,4)5/h9-10,13,18H,6-8,11-12H2,1-5H3. The van der Waals surface area contributed by atoms with E-state index in [1.165, 1.54) is 5.56 Å². The number of morpholine rings is 1. The number of anilines is 1. The van der Waals surface area contributed by atoms with Crippen LogP contribution < -0.4 is 10.2 Å². The van der Waals surface area contributed by atoms with E-state index in [2.05, 4.69) is 57.0 Å². The number of hydrogen-bond acceptors (Lipinski definition) is 4. The van der Waals surface area contributed by atoms with Crippen molar-refractivity contribution in [3.63, 3.8) is 0 Å². The molecule has 0 atom stereocenters. The van der Waals surface area contributed by atoms with Gasteiger partial charge in [0.15, 0.2) is 0 Å². The van der Waals surface area contributed by atoms with Gasteiger partial charge in [0.2, 0.25) is 0 Å². The quantitative estimate of drug-likeness (QED) is 0.905. The molecule has 1 N–H and O–H groups in total. The SMILES string of the molecule is CCc1cc(CNC(C)C)cc(N2CCOCC2(C)C)n1. The van der Waals surface area contributed by atoms with E-state index in [1.54, 1.807) is 0 Å². The number of pyridine rings is 1. The number of aromatic nitrogens is 1. The maximum Gasteiger partial charge on any atom is 0.129 e. The van der Waals surface area contributed by atoms with E-state index in [9.17, 15) is 0 Å². The Labute approximate surface area is 128 Å². The Morgan fingerprint density at radius 3 is 2.76 bits per heavy atom. The van der Waals surface area contributed by atoms with Gasteiger partial charge < -0.3 is 15.0 Å². The third kappa shape index (κ3) is 4.17. The number of ether oxygens (including phenoxy) is 1. The van der Waals surface area contributed by atoms with Crippen LogP contribution in [0.2, 0.25) is 0 Å². The van der Waals surface area contributed by atoms with Gasteiger partial charge in [-0.25, -0.2) is 4.98 Å². The highest BCUT2D eigenvalue weighted by Crippen LogP contribution is 2.26. The number of aryl methyl sites for hydroxylation is 1. The van der Waals surface area contributed by atoms with Crippen molar-refractivity contribution in [2.24, 2.45) is 0 Å². The van der Waals surface area contributed by atoms with Gasteiger partial charge in [0, 0.05) is 24.8 Å². The van der Waals surface area contributed by atoms with Crippen LogP contribution >= 0.6 is 0 Å². The number of nitrogens with zero attached hydrogens (tertiary/aromatic N) is 2. The van der Waals surface area contributed by atoms with Gasteiger partial charge >= 0.3 is 0 Å². The predicted molar refractivity (Wildman–Crippen MR) is 87.8 cm³/mol. The molecule has 1 aromatic rings. The summed E-state index contributed by atoms with van der Waals surface area (Å²) in [6.45, 7) is 14.3. The molecule has 0 aromatic carbocycles. The Bertz CT molecular complexity index is 471.